The van der Waals surface area contributed by atoms with Crippen LogP contribution in [0.3, 0.4) is 0 Å². The molecular weight excluding hydrogens is 446 g/mol. The second-order valence-electron chi connectivity index (χ2n) is 7.90. The fourth-order valence-corrected chi connectivity index (χ4v) is 3.75. The van der Waals surface area contributed by atoms with E-state index in [2.05, 4.69) is 34.4 Å². The maximum atomic E-state index is 12.7. The van der Waals surface area contributed by atoms with Gasteiger partial charge in [0.2, 0.25) is 5.95 Å². The number of nitrogens with one attached hydrogen (secondary N) is 2. The fourth-order valence-electron chi connectivity index (χ4n) is 3.75. The van der Waals surface area contributed by atoms with Crippen molar-refractivity contribution in [3.63, 3.8) is 0 Å². The molecule has 0 aliphatic rings. The maximum Gasteiger partial charge on any atom is 0.291 e. The first-order chi connectivity index (χ1) is 17.1. The van der Waals surface area contributed by atoms with Crippen molar-refractivity contribution in [1.29, 1.82) is 0 Å². The van der Waals surface area contributed by atoms with Gasteiger partial charge in [-0.3, -0.25) is 14.9 Å². The van der Waals surface area contributed by atoms with Crippen LogP contribution < -0.4 is 15.4 Å². The zero-order valence-corrected chi connectivity index (χ0v) is 19.9. The van der Waals surface area contributed by atoms with E-state index in [1.165, 1.54) is 6.26 Å². The number of carbonyl (C=O) groups is 2. The Morgan fingerprint density at radius 2 is 1.86 bits per heavy atom. The zero-order chi connectivity index (χ0) is 24.6. The molecule has 4 aromatic rings. The Hall–Kier alpha value is -4.11. The second-order valence-corrected chi connectivity index (χ2v) is 7.90. The van der Waals surface area contributed by atoms with Gasteiger partial charge in [0, 0.05) is 24.8 Å². The topological polar surface area (TPSA) is 102 Å². The quantitative estimate of drug-likeness (QED) is 0.336. The molecule has 2 aromatic carbocycles. The molecule has 35 heavy (non-hydrogen) atoms. The van der Waals surface area contributed by atoms with E-state index in [0.717, 1.165) is 30.7 Å². The molecule has 0 aliphatic carbocycles. The molecule has 2 amide bonds. The maximum absolute atomic E-state index is 12.7. The second kappa shape index (κ2) is 11.3. The first kappa shape index (κ1) is 24.0. The van der Waals surface area contributed by atoms with Gasteiger partial charge in [0.25, 0.3) is 11.8 Å². The van der Waals surface area contributed by atoms with E-state index in [9.17, 15) is 9.59 Å². The number of likely N-dealkylation sites (N-methyl/N-ethyl adjacent to an activating group) is 1. The number of carbonyl (C=O) groups excluding carboxylic acids is 2. The summed E-state index contributed by atoms with van der Waals surface area (Å²) < 4.78 is 12.8. The molecule has 0 unspecified atom stereocenters. The monoisotopic (exact) mass is 475 g/mol. The predicted molar refractivity (Wildman–Crippen MR) is 135 cm³/mol. The van der Waals surface area contributed by atoms with E-state index in [0.29, 0.717) is 23.9 Å². The summed E-state index contributed by atoms with van der Waals surface area (Å²) in [5, 5.41) is 5.62. The minimum Gasteiger partial charge on any atom is -0.484 e. The van der Waals surface area contributed by atoms with Gasteiger partial charge in [0.15, 0.2) is 12.4 Å². The molecule has 2 N–H and O–H groups in total. The lowest BCUT2D eigenvalue weighted by Crippen LogP contribution is -2.28. The Morgan fingerprint density at radius 3 is 2.63 bits per heavy atom. The van der Waals surface area contributed by atoms with Gasteiger partial charge in [0.1, 0.15) is 5.75 Å². The zero-order valence-electron chi connectivity index (χ0n) is 19.9. The predicted octanol–water partition coefficient (Wildman–Crippen LogP) is 4.24. The molecule has 0 saturated carbocycles. The van der Waals surface area contributed by atoms with Gasteiger partial charge in [-0.2, -0.15) is 0 Å². The van der Waals surface area contributed by atoms with Crippen LogP contribution in [-0.4, -0.2) is 52.5 Å². The Kier molecular flexibility index (Phi) is 7.79. The van der Waals surface area contributed by atoms with E-state index in [-0.39, 0.29) is 24.2 Å². The first-order valence-corrected chi connectivity index (χ1v) is 11.6. The van der Waals surface area contributed by atoms with E-state index < -0.39 is 0 Å². The molecule has 4 rings (SSSR count). The number of hydrogen-bond donors (Lipinski definition) is 2. The number of fused-ring (bicyclic) bond motifs is 1. The van der Waals surface area contributed by atoms with E-state index in [1.807, 2.05) is 28.8 Å². The van der Waals surface area contributed by atoms with Gasteiger partial charge in [-0.1, -0.05) is 32.0 Å². The van der Waals surface area contributed by atoms with Crippen LogP contribution in [-0.2, 0) is 11.3 Å². The average molecular weight is 476 g/mol. The third-order valence-electron chi connectivity index (χ3n) is 5.65. The van der Waals surface area contributed by atoms with Crippen molar-refractivity contribution in [1.82, 2.24) is 14.5 Å². The van der Waals surface area contributed by atoms with Gasteiger partial charge in [-0.25, -0.2) is 4.98 Å². The standard InChI is InChI=1S/C26H29N5O4/c1-3-30(4-2)14-15-31-22-12-6-5-11-21(22)28-26(31)29-24(32)18-35-20-10-7-9-19(17-20)27-25(33)23-13-8-16-34-23/h5-13,16-17H,3-4,14-15,18H2,1-2H3,(H,27,33)(H,28,29,32). The Labute approximate surface area is 203 Å². The third-order valence-corrected chi connectivity index (χ3v) is 5.65. The van der Waals surface area contributed by atoms with Crippen molar-refractivity contribution in [3.05, 3.63) is 72.7 Å². The van der Waals surface area contributed by atoms with Crippen LogP contribution in [0.1, 0.15) is 24.4 Å². The van der Waals surface area contributed by atoms with Crippen LogP contribution in [0.15, 0.2) is 71.3 Å². The molecule has 2 heterocycles. The average Bonchev–Trinajstić information content (AvgIpc) is 3.52. The highest BCUT2D eigenvalue weighted by Gasteiger charge is 2.15. The van der Waals surface area contributed by atoms with Gasteiger partial charge < -0.3 is 23.9 Å². The largest absolute Gasteiger partial charge is 0.484 e. The van der Waals surface area contributed by atoms with Gasteiger partial charge in [0.05, 0.1) is 17.3 Å². The molecule has 2 aromatic heterocycles. The molecule has 0 fully saturated rings. The number of hydrogen-bond acceptors (Lipinski definition) is 6. The van der Waals surface area contributed by atoms with E-state index >= 15 is 0 Å². The van der Waals surface area contributed by atoms with Crippen molar-refractivity contribution in [2.75, 3.05) is 36.9 Å². The molecule has 0 spiro atoms. The lowest BCUT2D eigenvalue weighted by atomic mass is 10.3. The SMILES string of the molecule is CCN(CC)CCn1c(NC(=O)COc2cccc(NC(=O)c3ccco3)c2)nc2ccccc21. The number of anilines is 2. The van der Waals surface area contributed by atoms with Crippen LogP contribution in [0.4, 0.5) is 11.6 Å². The highest BCUT2D eigenvalue weighted by atomic mass is 16.5. The smallest absolute Gasteiger partial charge is 0.291 e. The fraction of sp³-hybridized carbons (Fsp3) is 0.269. The van der Waals surface area contributed by atoms with Crippen LogP contribution >= 0.6 is 0 Å². The minimum absolute atomic E-state index is 0.200. The lowest BCUT2D eigenvalue weighted by Gasteiger charge is -2.19. The van der Waals surface area contributed by atoms with Crippen LogP contribution in [0, 0.1) is 0 Å². The summed E-state index contributed by atoms with van der Waals surface area (Å²) in [4.78, 5) is 31.8. The molecule has 0 saturated heterocycles. The summed E-state index contributed by atoms with van der Waals surface area (Å²) in [6, 6.07) is 17.9. The Morgan fingerprint density at radius 1 is 1.03 bits per heavy atom. The van der Waals surface area contributed by atoms with Gasteiger partial charge in [-0.15, -0.1) is 0 Å². The van der Waals surface area contributed by atoms with Gasteiger partial charge >= 0.3 is 0 Å². The molecule has 9 heteroatoms. The van der Waals surface area contributed by atoms with Crippen LogP contribution in [0.25, 0.3) is 11.0 Å². The number of imidazole rings is 1. The first-order valence-electron chi connectivity index (χ1n) is 11.6. The number of amides is 2. The normalized spacial score (nSPS) is 11.1. The van der Waals surface area contributed by atoms with Crippen molar-refractivity contribution >= 4 is 34.5 Å². The lowest BCUT2D eigenvalue weighted by molar-refractivity contribution is -0.118. The number of furan rings is 1. The molecule has 0 radical (unpaired) electrons. The summed E-state index contributed by atoms with van der Waals surface area (Å²) >= 11 is 0. The van der Waals surface area contributed by atoms with Crippen LogP contribution in [0.2, 0.25) is 0 Å². The summed E-state index contributed by atoms with van der Waals surface area (Å²) in [5.41, 5.74) is 2.32. The summed E-state index contributed by atoms with van der Waals surface area (Å²) in [6.45, 7) is 7.54. The van der Waals surface area contributed by atoms with Gasteiger partial charge in [-0.05, 0) is 49.5 Å². The molecule has 0 atom stereocenters. The summed E-state index contributed by atoms with van der Waals surface area (Å²) in [6.07, 6.45) is 1.44. The number of nitrogens with zero attached hydrogens (tertiary/aromatic N) is 3. The number of aromatic nitrogens is 2. The number of benzene rings is 2. The van der Waals surface area contributed by atoms with Crippen molar-refractivity contribution < 1.29 is 18.7 Å². The van der Waals surface area contributed by atoms with Crippen molar-refractivity contribution in [2.45, 2.75) is 20.4 Å². The number of rotatable bonds is 11. The Bertz CT molecular complexity index is 1280. The van der Waals surface area contributed by atoms with E-state index in [1.54, 1.807) is 36.4 Å². The number of ether oxygens (including phenoxy) is 1. The van der Waals surface area contributed by atoms with Crippen molar-refractivity contribution in [2.24, 2.45) is 0 Å². The minimum atomic E-state index is -0.367. The third kappa shape index (κ3) is 6.07. The molecule has 9 nitrogen and oxygen atoms in total. The molecular formula is C26H29N5O4. The van der Waals surface area contributed by atoms with E-state index in [4.69, 9.17) is 9.15 Å². The Balaban J connectivity index is 1.39. The number of para-hydroxylation sites is 2. The molecule has 182 valence electrons. The molecule has 0 aliphatic heterocycles. The molecule has 0 bridgehead atoms. The highest BCUT2D eigenvalue weighted by molar-refractivity contribution is 6.02. The van der Waals surface area contributed by atoms with Crippen LogP contribution in [0.5, 0.6) is 5.75 Å². The van der Waals surface area contributed by atoms with Crippen molar-refractivity contribution in [3.8, 4) is 5.75 Å². The summed E-state index contributed by atoms with van der Waals surface area (Å²) in [5.74, 6) is 0.460. The highest BCUT2D eigenvalue weighted by Crippen LogP contribution is 2.21. The summed E-state index contributed by atoms with van der Waals surface area (Å²) in [7, 11) is 0.